The van der Waals surface area contributed by atoms with Gasteiger partial charge in [-0.2, -0.15) is 0 Å². The van der Waals surface area contributed by atoms with Crippen molar-refractivity contribution in [3.8, 4) is 0 Å². The highest BCUT2D eigenvalue weighted by Gasteiger charge is 2.29. The number of fused-ring (bicyclic) bond motifs is 2. The van der Waals surface area contributed by atoms with E-state index < -0.39 is 0 Å². The SMILES string of the molecule is O=C(c1ccc2ccccc2n1)N1CCC[C@H](c2nc3ccccc3o2)C1. The number of piperidine rings is 1. The third-order valence-corrected chi connectivity index (χ3v) is 5.19. The van der Waals surface area contributed by atoms with Crippen LogP contribution in [0.2, 0.25) is 0 Å². The zero-order chi connectivity index (χ0) is 18.2. The molecule has 0 unspecified atom stereocenters. The van der Waals surface area contributed by atoms with Crippen LogP contribution in [0.15, 0.2) is 65.1 Å². The number of oxazole rings is 1. The van der Waals surface area contributed by atoms with Crippen LogP contribution in [0.3, 0.4) is 0 Å². The summed E-state index contributed by atoms with van der Waals surface area (Å²) in [5.41, 5.74) is 3.00. The van der Waals surface area contributed by atoms with Gasteiger partial charge in [-0.25, -0.2) is 9.97 Å². The summed E-state index contributed by atoms with van der Waals surface area (Å²) in [4.78, 5) is 24.1. The van der Waals surface area contributed by atoms with E-state index in [9.17, 15) is 4.79 Å². The lowest BCUT2D eigenvalue weighted by Crippen LogP contribution is -2.39. The summed E-state index contributed by atoms with van der Waals surface area (Å²) in [5, 5.41) is 1.04. The van der Waals surface area contributed by atoms with Crippen LogP contribution < -0.4 is 0 Å². The lowest BCUT2D eigenvalue weighted by atomic mass is 9.97. The van der Waals surface area contributed by atoms with Gasteiger partial charge in [-0.05, 0) is 37.1 Å². The molecule has 1 amide bonds. The summed E-state index contributed by atoms with van der Waals surface area (Å²) in [6.45, 7) is 1.35. The zero-order valence-electron chi connectivity index (χ0n) is 14.8. The van der Waals surface area contributed by atoms with Gasteiger partial charge in [0, 0.05) is 18.5 Å². The molecular weight excluding hydrogens is 338 g/mol. The molecule has 2 aromatic heterocycles. The van der Waals surface area contributed by atoms with Gasteiger partial charge in [0.05, 0.1) is 11.4 Å². The number of hydrogen-bond acceptors (Lipinski definition) is 4. The zero-order valence-corrected chi connectivity index (χ0v) is 14.8. The van der Waals surface area contributed by atoms with Crippen molar-refractivity contribution in [2.45, 2.75) is 18.8 Å². The molecule has 5 heteroatoms. The molecule has 0 aliphatic carbocycles. The van der Waals surface area contributed by atoms with Gasteiger partial charge < -0.3 is 9.32 Å². The first-order valence-corrected chi connectivity index (χ1v) is 9.28. The van der Waals surface area contributed by atoms with E-state index in [2.05, 4.69) is 9.97 Å². The summed E-state index contributed by atoms with van der Waals surface area (Å²) in [7, 11) is 0. The third kappa shape index (κ3) is 2.95. The maximum Gasteiger partial charge on any atom is 0.272 e. The number of carbonyl (C=O) groups is 1. The number of nitrogens with zero attached hydrogens (tertiary/aromatic N) is 3. The van der Waals surface area contributed by atoms with Gasteiger partial charge in [0.1, 0.15) is 11.2 Å². The fourth-order valence-corrected chi connectivity index (χ4v) is 3.77. The lowest BCUT2D eigenvalue weighted by molar-refractivity contribution is 0.0693. The summed E-state index contributed by atoms with van der Waals surface area (Å²) < 4.78 is 5.93. The van der Waals surface area contributed by atoms with E-state index in [4.69, 9.17) is 4.42 Å². The molecule has 134 valence electrons. The van der Waals surface area contributed by atoms with Crippen molar-refractivity contribution in [3.63, 3.8) is 0 Å². The number of aromatic nitrogens is 2. The minimum atomic E-state index is -0.0263. The Hall–Kier alpha value is -3.21. The summed E-state index contributed by atoms with van der Waals surface area (Å²) in [5.74, 6) is 0.817. The Morgan fingerprint density at radius 3 is 2.67 bits per heavy atom. The molecule has 27 heavy (non-hydrogen) atoms. The molecule has 5 nitrogen and oxygen atoms in total. The Morgan fingerprint density at radius 1 is 0.963 bits per heavy atom. The van der Waals surface area contributed by atoms with Crippen LogP contribution in [0.5, 0.6) is 0 Å². The summed E-state index contributed by atoms with van der Waals surface area (Å²) in [6.07, 6.45) is 1.91. The molecule has 1 aliphatic rings. The average Bonchev–Trinajstić information content (AvgIpc) is 3.17. The first-order valence-electron chi connectivity index (χ1n) is 9.28. The van der Waals surface area contributed by atoms with Crippen LogP contribution in [0.4, 0.5) is 0 Å². The maximum absolute atomic E-state index is 13.0. The molecule has 0 bridgehead atoms. The summed E-state index contributed by atoms with van der Waals surface area (Å²) >= 11 is 0. The number of carbonyl (C=O) groups excluding carboxylic acids is 1. The van der Waals surface area contributed by atoms with Gasteiger partial charge in [-0.15, -0.1) is 0 Å². The molecule has 4 aromatic rings. The molecule has 0 saturated carbocycles. The predicted octanol–water partition coefficient (Wildman–Crippen LogP) is 4.40. The molecule has 2 aromatic carbocycles. The van der Waals surface area contributed by atoms with Crippen molar-refractivity contribution in [1.82, 2.24) is 14.9 Å². The molecule has 0 radical (unpaired) electrons. The number of hydrogen-bond donors (Lipinski definition) is 0. The Morgan fingerprint density at radius 2 is 1.78 bits per heavy atom. The average molecular weight is 357 g/mol. The Labute approximate surface area is 156 Å². The van der Waals surface area contributed by atoms with Crippen molar-refractivity contribution in [3.05, 3.63) is 72.2 Å². The van der Waals surface area contributed by atoms with Gasteiger partial charge in [0.2, 0.25) is 0 Å². The van der Waals surface area contributed by atoms with Crippen molar-refractivity contribution >= 4 is 27.9 Å². The van der Waals surface area contributed by atoms with Crippen molar-refractivity contribution in [2.24, 2.45) is 0 Å². The van der Waals surface area contributed by atoms with Crippen molar-refractivity contribution < 1.29 is 9.21 Å². The molecule has 0 N–H and O–H groups in total. The molecule has 0 spiro atoms. The summed E-state index contributed by atoms with van der Waals surface area (Å²) in [6, 6.07) is 19.4. The molecule has 5 rings (SSSR count). The van der Waals surface area contributed by atoms with E-state index in [0.29, 0.717) is 12.2 Å². The van der Waals surface area contributed by atoms with Gasteiger partial charge in [-0.3, -0.25) is 4.79 Å². The van der Waals surface area contributed by atoms with Crippen LogP contribution in [0.1, 0.15) is 35.1 Å². The number of amides is 1. The van der Waals surface area contributed by atoms with Crippen LogP contribution in [-0.2, 0) is 0 Å². The second-order valence-corrected chi connectivity index (χ2v) is 7.00. The number of likely N-dealkylation sites (tertiary alicyclic amines) is 1. The first-order chi connectivity index (χ1) is 13.3. The van der Waals surface area contributed by atoms with Crippen LogP contribution in [-0.4, -0.2) is 33.9 Å². The monoisotopic (exact) mass is 357 g/mol. The second kappa shape index (κ2) is 6.50. The topological polar surface area (TPSA) is 59.2 Å². The molecular formula is C22H19N3O2. The minimum absolute atomic E-state index is 0.0263. The number of para-hydroxylation sites is 3. The molecule has 1 saturated heterocycles. The van der Waals surface area contributed by atoms with E-state index >= 15 is 0 Å². The quantitative estimate of drug-likeness (QED) is 0.534. The number of rotatable bonds is 2. The fourth-order valence-electron chi connectivity index (χ4n) is 3.77. The van der Waals surface area contributed by atoms with Crippen LogP contribution >= 0.6 is 0 Å². The number of benzene rings is 2. The van der Waals surface area contributed by atoms with Crippen LogP contribution in [0, 0.1) is 0 Å². The third-order valence-electron chi connectivity index (χ3n) is 5.19. The van der Waals surface area contributed by atoms with Crippen molar-refractivity contribution in [1.29, 1.82) is 0 Å². The fraction of sp³-hybridized carbons (Fsp3) is 0.227. The normalized spacial score (nSPS) is 17.5. The van der Waals surface area contributed by atoms with Crippen molar-refractivity contribution in [2.75, 3.05) is 13.1 Å². The van der Waals surface area contributed by atoms with E-state index in [1.165, 1.54) is 0 Å². The highest BCUT2D eigenvalue weighted by molar-refractivity contribution is 5.95. The Kier molecular flexibility index (Phi) is 3.85. The molecule has 1 atom stereocenters. The van der Waals surface area contributed by atoms with E-state index in [-0.39, 0.29) is 11.8 Å². The number of pyridine rings is 1. The maximum atomic E-state index is 13.0. The second-order valence-electron chi connectivity index (χ2n) is 7.00. The van der Waals surface area contributed by atoms with Gasteiger partial charge in [0.25, 0.3) is 5.91 Å². The van der Waals surface area contributed by atoms with Gasteiger partial charge >= 0.3 is 0 Å². The predicted molar refractivity (Wildman–Crippen MR) is 104 cm³/mol. The largest absolute Gasteiger partial charge is 0.440 e. The first kappa shape index (κ1) is 16.0. The Balaban J connectivity index is 1.40. The standard InChI is InChI=1S/C22H19N3O2/c26-22(19-12-11-15-6-1-2-8-17(15)23-19)25-13-5-7-16(14-25)21-24-18-9-3-4-10-20(18)27-21/h1-4,6,8-12,16H,5,7,13-14H2/t16-/m0/s1. The highest BCUT2D eigenvalue weighted by atomic mass is 16.3. The minimum Gasteiger partial charge on any atom is -0.440 e. The Bertz CT molecular complexity index is 1100. The molecule has 1 fully saturated rings. The lowest BCUT2D eigenvalue weighted by Gasteiger charge is -2.31. The van der Waals surface area contributed by atoms with E-state index in [0.717, 1.165) is 47.3 Å². The molecule has 1 aliphatic heterocycles. The van der Waals surface area contributed by atoms with Gasteiger partial charge in [0.15, 0.2) is 11.5 Å². The smallest absolute Gasteiger partial charge is 0.272 e. The molecule has 3 heterocycles. The van der Waals surface area contributed by atoms with Gasteiger partial charge in [-0.1, -0.05) is 36.4 Å². The van der Waals surface area contributed by atoms with E-state index in [1.54, 1.807) is 0 Å². The highest BCUT2D eigenvalue weighted by Crippen LogP contribution is 2.29. The van der Waals surface area contributed by atoms with E-state index in [1.807, 2.05) is 65.6 Å². The van der Waals surface area contributed by atoms with Crippen LogP contribution in [0.25, 0.3) is 22.0 Å².